The van der Waals surface area contributed by atoms with Gasteiger partial charge in [-0.25, -0.2) is 4.79 Å². The van der Waals surface area contributed by atoms with Crippen molar-refractivity contribution in [2.24, 2.45) is 0 Å². The summed E-state index contributed by atoms with van der Waals surface area (Å²) < 4.78 is 4.49. The zero-order chi connectivity index (χ0) is 13.0. The second-order valence-electron chi connectivity index (χ2n) is 3.38. The number of amides is 1. The minimum Gasteiger partial charge on any atom is -0.467 e. The molecule has 1 N–H and O–H groups in total. The molecule has 0 saturated heterocycles. The number of benzene rings is 1. The van der Waals surface area contributed by atoms with Gasteiger partial charge in [-0.1, -0.05) is 23.2 Å². The lowest BCUT2D eigenvalue weighted by molar-refractivity contribution is -0.142. The van der Waals surface area contributed by atoms with Crippen molar-refractivity contribution in [3.05, 3.63) is 33.8 Å². The highest BCUT2D eigenvalue weighted by Gasteiger charge is 2.17. The van der Waals surface area contributed by atoms with E-state index in [1.165, 1.54) is 32.2 Å². The van der Waals surface area contributed by atoms with Gasteiger partial charge in [0.05, 0.1) is 7.11 Å². The molecule has 6 heteroatoms. The lowest BCUT2D eigenvalue weighted by Gasteiger charge is -2.11. The van der Waals surface area contributed by atoms with Crippen LogP contribution >= 0.6 is 23.2 Å². The quantitative estimate of drug-likeness (QED) is 0.862. The van der Waals surface area contributed by atoms with Crippen LogP contribution in [0.15, 0.2) is 18.2 Å². The Kier molecular flexibility index (Phi) is 4.78. The highest BCUT2D eigenvalue weighted by molar-refractivity contribution is 6.35. The lowest BCUT2D eigenvalue weighted by atomic mass is 10.2. The third kappa shape index (κ3) is 3.91. The van der Waals surface area contributed by atoms with Crippen molar-refractivity contribution in [3.63, 3.8) is 0 Å². The standard InChI is InChI=1S/C11H11Cl2NO3/c1-6(11(16)17-2)14-10(15)7-3-8(12)5-9(13)4-7/h3-6H,1-2H3,(H,14,15). The molecule has 0 aliphatic carbocycles. The maximum Gasteiger partial charge on any atom is 0.328 e. The topological polar surface area (TPSA) is 55.4 Å². The normalized spacial score (nSPS) is 11.8. The van der Waals surface area contributed by atoms with Gasteiger partial charge in [0.2, 0.25) is 0 Å². The first-order chi connectivity index (χ1) is 7.93. The van der Waals surface area contributed by atoms with E-state index in [0.717, 1.165) is 0 Å². The van der Waals surface area contributed by atoms with Gasteiger partial charge in [-0.15, -0.1) is 0 Å². The summed E-state index contributed by atoms with van der Waals surface area (Å²) in [7, 11) is 1.25. The van der Waals surface area contributed by atoms with Crippen LogP contribution < -0.4 is 5.32 Å². The molecule has 17 heavy (non-hydrogen) atoms. The van der Waals surface area contributed by atoms with Crippen LogP contribution in [0.3, 0.4) is 0 Å². The van der Waals surface area contributed by atoms with Crippen LogP contribution in [0.2, 0.25) is 10.0 Å². The molecule has 92 valence electrons. The zero-order valence-corrected chi connectivity index (χ0v) is 10.8. The summed E-state index contributed by atoms with van der Waals surface area (Å²) >= 11 is 11.5. The van der Waals surface area contributed by atoms with Crippen LogP contribution in [0.25, 0.3) is 0 Å². The van der Waals surface area contributed by atoms with E-state index < -0.39 is 17.9 Å². The predicted molar refractivity (Wildman–Crippen MR) is 65.4 cm³/mol. The fourth-order valence-electron chi connectivity index (χ4n) is 1.20. The molecule has 0 bridgehead atoms. The second kappa shape index (κ2) is 5.89. The van der Waals surface area contributed by atoms with Crippen molar-refractivity contribution in [2.45, 2.75) is 13.0 Å². The Labute approximate surface area is 109 Å². The van der Waals surface area contributed by atoms with E-state index in [9.17, 15) is 9.59 Å². The first kappa shape index (κ1) is 13.8. The van der Waals surface area contributed by atoms with Crippen LogP contribution in [0.5, 0.6) is 0 Å². The van der Waals surface area contributed by atoms with Crippen molar-refractivity contribution in [3.8, 4) is 0 Å². The summed E-state index contributed by atoms with van der Waals surface area (Å²) in [6.07, 6.45) is 0. The van der Waals surface area contributed by atoms with Gasteiger partial charge >= 0.3 is 5.97 Å². The molecular weight excluding hydrogens is 265 g/mol. The summed E-state index contributed by atoms with van der Waals surface area (Å²) in [4.78, 5) is 22.9. The number of rotatable bonds is 3. The van der Waals surface area contributed by atoms with Gasteiger partial charge in [0.25, 0.3) is 5.91 Å². The Balaban J connectivity index is 2.79. The molecule has 0 spiro atoms. The van der Waals surface area contributed by atoms with Gasteiger partial charge in [0.15, 0.2) is 0 Å². The molecule has 1 unspecified atom stereocenters. The number of hydrogen-bond acceptors (Lipinski definition) is 3. The molecular formula is C11H11Cl2NO3. The first-order valence-corrected chi connectivity index (χ1v) is 5.54. The molecule has 0 aliphatic heterocycles. The van der Waals surface area contributed by atoms with Crippen LogP contribution in [-0.2, 0) is 9.53 Å². The molecule has 1 rings (SSSR count). The highest BCUT2D eigenvalue weighted by atomic mass is 35.5. The van der Waals surface area contributed by atoms with Gasteiger partial charge in [-0.05, 0) is 25.1 Å². The van der Waals surface area contributed by atoms with Crippen molar-refractivity contribution >= 4 is 35.1 Å². The Morgan fingerprint density at radius 2 is 1.76 bits per heavy atom. The molecule has 1 amide bonds. The van der Waals surface area contributed by atoms with Gasteiger partial charge in [-0.3, -0.25) is 4.79 Å². The highest BCUT2D eigenvalue weighted by Crippen LogP contribution is 2.19. The molecule has 1 atom stereocenters. The van der Waals surface area contributed by atoms with Crippen molar-refractivity contribution in [2.75, 3.05) is 7.11 Å². The van der Waals surface area contributed by atoms with Gasteiger partial charge < -0.3 is 10.1 Å². The molecule has 4 nitrogen and oxygen atoms in total. The summed E-state index contributed by atoms with van der Waals surface area (Å²) in [6, 6.07) is 3.72. The fourth-order valence-corrected chi connectivity index (χ4v) is 1.73. The molecule has 0 radical (unpaired) electrons. The maximum atomic E-state index is 11.7. The Hall–Kier alpha value is -1.26. The number of carbonyl (C=O) groups is 2. The average molecular weight is 276 g/mol. The first-order valence-electron chi connectivity index (χ1n) is 4.79. The van der Waals surface area contributed by atoms with E-state index in [1.54, 1.807) is 0 Å². The molecule has 0 saturated carbocycles. The number of halogens is 2. The van der Waals surface area contributed by atoms with Crippen molar-refractivity contribution in [1.29, 1.82) is 0 Å². The predicted octanol–water partition coefficient (Wildman–Crippen LogP) is 2.28. The van der Waals surface area contributed by atoms with E-state index in [-0.39, 0.29) is 0 Å². The summed E-state index contributed by atoms with van der Waals surface area (Å²) in [5.41, 5.74) is 0.290. The molecule has 1 aromatic rings. The number of carbonyl (C=O) groups excluding carboxylic acids is 2. The van der Waals surface area contributed by atoms with Crippen molar-refractivity contribution < 1.29 is 14.3 Å². The van der Waals surface area contributed by atoms with Crippen LogP contribution in [0.1, 0.15) is 17.3 Å². The third-order valence-corrected chi connectivity index (χ3v) is 2.46. The van der Waals surface area contributed by atoms with E-state index in [4.69, 9.17) is 23.2 Å². The number of hydrogen-bond donors (Lipinski definition) is 1. The summed E-state index contributed by atoms with van der Waals surface area (Å²) in [5, 5.41) is 3.18. The maximum absolute atomic E-state index is 11.7. The average Bonchev–Trinajstić information content (AvgIpc) is 2.26. The second-order valence-corrected chi connectivity index (χ2v) is 4.25. The fraction of sp³-hybridized carbons (Fsp3) is 0.273. The molecule has 0 heterocycles. The summed E-state index contributed by atoms with van der Waals surface area (Å²) in [6.45, 7) is 1.52. The van der Waals surface area contributed by atoms with Crippen LogP contribution in [0, 0.1) is 0 Å². The summed E-state index contributed by atoms with van der Waals surface area (Å²) in [5.74, 6) is -0.959. The van der Waals surface area contributed by atoms with Gasteiger partial charge in [0, 0.05) is 15.6 Å². The third-order valence-electron chi connectivity index (χ3n) is 2.03. The van der Waals surface area contributed by atoms with Crippen molar-refractivity contribution in [1.82, 2.24) is 5.32 Å². The Bertz CT molecular complexity index is 428. The minimum absolute atomic E-state index is 0.290. The molecule has 0 aliphatic rings. The van der Waals surface area contributed by atoms with Gasteiger partial charge in [-0.2, -0.15) is 0 Å². The number of methoxy groups -OCH3 is 1. The van der Waals surface area contributed by atoms with Crippen LogP contribution in [-0.4, -0.2) is 25.0 Å². The molecule has 0 aromatic heterocycles. The van der Waals surface area contributed by atoms with E-state index >= 15 is 0 Å². The van der Waals surface area contributed by atoms with E-state index in [2.05, 4.69) is 10.1 Å². The largest absolute Gasteiger partial charge is 0.467 e. The van der Waals surface area contributed by atoms with E-state index in [1.807, 2.05) is 0 Å². The number of nitrogens with one attached hydrogen (secondary N) is 1. The Morgan fingerprint density at radius 3 is 2.24 bits per heavy atom. The molecule has 1 aromatic carbocycles. The number of esters is 1. The Morgan fingerprint density at radius 1 is 1.24 bits per heavy atom. The minimum atomic E-state index is -0.731. The zero-order valence-electron chi connectivity index (χ0n) is 9.29. The number of ether oxygens (including phenoxy) is 1. The van der Waals surface area contributed by atoms with Crippen LogP contribution in [0.4, 0.5) is 0 Å². The van der Waals surface area contributed by atoms with E-state index in [0.29, 0.717) is 15.6 Å². The smallest absolute Gasteiger partial charge is 0.328 e. The SMILES string of the molecule is COC(=O)C(C)NC(=O)c1cc(Cl)cc(Cl)c1. The monoisotopic (exact) mass is 275 g/mol. The molecule has 0 fully saturated rings. The lowest BCUT2D eigenvalue weighted by Crippen LogP contribution is -2.39. The van der Waals surface area contributed by atoms with Gasteiger partial charge in [0.1, 0.15) is 6.04 Å².